The van der Waals surface area contributed by atoms with Crippen molar-refractivity contribution in [1.82, 2.24) is 9.88 Å². The minimum Gasteiger partial charge on any atom is -0.384 e. The van der Waals surface area contributed by atoms with E-state index in [9.17, 15) is 27.6 Å². The third-order valence-corrected chi connectivity index (χ3v) is 4.10. The van der Waals surface area contributed by atoms with Crippen molar-refractivity contribution in [3.63, 3.8) is 0 Å². The minimum absolute atomic E-state index is 0.0143. The van der Waals surface area contributed by atoms with Gasteiger partial charge in [0.05, 0.1) is 22.4 Å². The first-order chi connectivity index (χ1) is 11.1. The molecule has 10 heteroatoms. The highest BCUT2D eigenvalue weighted by molar-refractivity contribution is 9.10. The molecule has 0 radical (unpaired) electrons. The molecule has 0 aliphatic carbocycles. The van der Waals surface area contributed by atoms with Crippen LogP contribution in [-0.2, 0) is 6.18 Å². The zero-order chi connectivity index (χ0) is 17.8. The van der Waals surface area contributed by atoms with Crippen LogP contribution in [-0.4, -0.2) is 16.4 Å². The molecule has 24 heavy (non-hydrogen) atoms. The Balaban J connectivity index is 2.26. The minimum atomic E-state index is -4.55. The second kappa shape index (κ2) is 5.20. The fourth-order valence-electron chi connectivity index (χ4n) is 2.39. The Morgan fingerprint density at radius 3 is 2.33 bits per heavy atom. The summed E-state index contributed by atoms with van der Waals surface area (Å²) in [4.78, 5) is 35.6. The number of pyridine rings is 1. The Morgan fingerprint density at radius 1 is 1.08 bits per heavy atom. The molecule has 0 fully saturated rings. The third kappa shape index (κ3) is 2.39. The Bertz CT molecular complexity index is 966. The summed E-state index contributed by atoms with van der Waals surface area (Å²) in [6.07, 6.45) is -4.55. The number of anilines is 1. The summed E-state index contributed by atoms with van der Waals surface area (Å²) in [5, 5.41) is 2.00. The number of nitrogens with one attached hydrogen (secondary N) is 1. The Labute approximate surface area is 140 Å². The van der Waals surface area contributed by atoms with E-state index in [0.717, 1.165) is 28.8 Å². The number of benzene rings is 1. The van der Waals surface area contributed by atoms with Crippen molar-refractivity contribution in [3.8, 4) is 5.69 Å². The second-order valence-corrected chi connectivity index (χ2v) is 5.79. The van der Waals surface area contributed by atoms with Gasteiger partial charge in [-0.3, -0.25) is 24.3 Å². The SMILES string of the molecule is Nc1c2c(cc(=O)n1-c1ccc(C(F)(F)F)cc1Br)C(=O)NC2=O. The van der Waals surface area contributed by atoms with Crippen LogP contribution >= 0.6 is 15.9 Å². The van der Waals surface area contributed by atoms with Gasteiger partial charge in [-0.25, -0.2) is 0 Å². The van der Waals surface area contributed by atoms with E-state index in [-0.39, 0.29) is 27.1 Å². The summed E-state index contributed by atoms with van der Waals surface area (Å²) in [6.45, 7) is 0. The lowest BCUT2D eigenvalue weighted by Gasteiger charge is -2.15. The topological polar surface area (TPSA) is 94.2 Å². The van der Waals surface area contributed by atoms with Gasteiger partial charge in [0.2, 0.25) is 0 Å². The van der Waals surface area contributed by atoms with Crippen LogP contribution in [0.1, 0.15) is 26.3 Å². The van der Waals surface area contributed by atoms with Crippen molar-refractivity contribution in [2.24, 2.45) is 0 Å². The van der Waals surface area contributed by atoms with Crippen LogP contribution in [0.5, 0.6) is 0 Å². The summed E-state index contributed by atoms with van der Waals surface area (Å²) in [5.41, 5.74) is 3.81. The molecule has 1 aliphatic rings. The van der Waals surface area contributed by atoms with Gasteiger partial charge in [0.25, 0.3) is 17.4 Å². The van der Waals surface area contributed by atoms with Crippen LogP contribution in [0.3, 0.4) is 0 Å². The number of fused-ring (bicyclic) bond motifs is 1. The van der Waals surface area contributed by atoms with Crippen LogP contribution in [0.25, 0.3) is 5.69 Å². The van der Waals surface area contributed by atoms with E-state index >= 15 is 0 Å². The van der Waals surface area contributed by atoms with Gasteiger partial charge >= 0.3 is 6.18 Å². The number of aromatic nitrogens is 1. The number of carbonyl (C=O) groups is 2. The predicted molar refractivity (Wildman–Crippen MR) is 81.0 cm³/mol. The molecule has 3 N–H and O–H groups in total. The summed E-state index contributed by atoms with van der Waals surface area (Å²) in [5.74, 6) is -1.86. The van der Waals surface area contributed by atoms with E-state index in [1.807, 2.05) is 5.32 Å². The lowest BCUT2D eigenvalue weighted by atomic mass is 10.1. The molecule has 1 aromatic carbocycles. The Kier molecular flexibility index (Phi) is 3.52. The maximum Gasteiger partial charge on any atom is 0.416 e. The molecule has 0 saturated heterocycles. The molecule has 0 atom stereocenters. The van der Waals surface area contributed by atoms with Crippen molar-refractivity contribution in [2.75, 3.05) is 5.73 Å². The highest BCUT2D eigenvalue weighted by atomic mass is 79.9. The monoisotopic (exact) mass is 401 g/mol. The van der Waals surface area contributed by atoms with Gasteiger partial charge < -0.3 is 5.73 Å². The number of hydrogen-bond acceptors (Lipinski definition) is 4. The molecule has 2 heterocycles. The van der Waals surface area contributed by atoms with E-state index in [2.05, 4.69) is 15.9 Å². The van der Waals surface area contributed by atoms with E-state index in [1.165, 1.54) is 0 Å². The maximum absolute atomic E-state index is 12.7. The number of alkyl halides is 3. The molecule has 2 amide bonds. The Morgan fingerprint density at radius 2 is 1.75 bits per heavy atom. The number of carbonyl (C=O) groups excluding carboxylic acids is 2. The molecule has 2 aromatic rings. The zero-order valence-electron chi connectivity index (χ0n) is 11.6. The smallest absolute Gasteiger partial charge is 0.384 e. The van der Waals surface area contributed by atoms with Crippen LogP contribution in [0, 0.1) is 0 Å². The van der Waals surface area contributed by atoms with Gasteiger partial charge in [0.1, 0.15) is 5.82 Å². The van der Waals surface area contributed by atoms with Crippen LogP contribution in [0.4, 0.5) is 19.0 Å². The summed E-state index contributed by atoms with van der Waals surface area (Å²) in [7, 11) is 0. The molecule has 1 aromatic heterocycles. The van der Waals surface area contributed by atoms with Crippen molar-refractivity contribution >= 4 is 33.6 Å². The van der Waals surface area contributed by atoms with Crippen molar-refractivity contribution in [3.05, 3.63) is 55.8 Å². The van der Waals surface area contributed by atoms with Crippen LogP contribution in [0.2, 0.25) is 0 Å². The summed E-state index contributed by atoms with van der Waals surface area (Å²) < 4.78 is 39.0. The van der Waals surface area contributed by atoms with Gasteiger partial charge in [-0.2, -0.15) is 13.2 Å². The predicted octanol–water partition coefficient (Wildman–Crippen LogP) is 2.08. The second-order valence-electron chi connectivity index (χ2n) is 4.94. The third-order valence-electron chi connectivity index (χ3n) is 3.47. The molecule has 0 unspecified atom stereocenters. The summed E-state index contributed by atoms with van der Waals surface area (Å²) in [6, 6.07) is 3.53. The van der Waals surface area contributed by atoms with E-state index in [0.29, 0.717) is 0 Å². The average molecular weight is 402 g/mol. The number of nitrogens with zero attached hydrogens (tertiary/aromatic N) is 1. The Hall–Kier alpha value is -2.62. The first-order valence-electron chi connectivity index (χ1n) is 6.39. The normalized spacial score (nSPS) is 13.8. The highest BCUT2D eigenvalue weighted by Crippen LogP contribution is 2.34. The van der Waals surface area contributed by atoms with Crippen LogP contribution < -0.4 is 16.6 Å². The average Bonchev–Trinajstić information content (AvgIpc) is 2.74. The zero-order valence-corrected chi connectivity index (χ0v) is 13.2. The van der Waals surface area contributed by atoms with Gasteiger partial charge in [-0.05, 0) is 34.1 Å². The van der Waals surface area contributed by atoms with Crippen LogP contribution in [0.15, 0.2) is 33.5 Å². The van der Waals surface area contributed by atoms with E-state index < -0.39 is 29.1 Å². The first-order valence-corrected chi connectivity index (χ1v) is 7.19. The maximum atomic E-state index is 12.7. The van der Waals surface area contributed by atoms with E-state index in [1.54, 1.807) is 0 Å². The lowest BCUT2D eigenvalue weighted by molar-refractivity contribution is -0.137. The lowest BCUT2D eigenvalue weighted by Crippen LogP contribution is -2.24. The molecule has 0 bridgehead atoms. The number of rotatable bonds is 1. The molecule has 0 spiro atoms. The fraction of sp³-hybridized carbons (Fsp3) is 0.0714. The standard InChI is InChI=1S/C14H7BrF3N3O3/c15-7-3-5(14(16,17)18)1-2-8(7)21-9(22)4-6-10(11(21)19)13(24)20-12(6)23/h1-4H,19H2,(H,20,23,24). The van der Waals surface area contributed by atoms with Gasteiger partial charge in [0.15, 0.2) is 0 Å². The molecule has 1 aliphatic heterocycles. The first kappa shape index (κ1) is 16.2. The quantitative estimate of drug-likeness (QED) is 0.715. The van der Waals surface area contributed by atoms with Crippen molar-refractivity contribution in [2.45, 2.75) is 6.18 Å². The number of hydrogen-bond donors (Lipinski definition) is 2. The molecule has 124 valence electrons. The van der Waals surface area contributed by atoms with Gasteiger partial charge in [0, 0.05) is 10.5 Å². The molecule has 0 saturated carbocycles. The number of imide groups is 1. The van der Waals surface area contributed by atoms with Crippen molar-refractivity contribution in [1.29, 1.82) is 0 Å². The summed E-state index contributed by atoms with van der Waals surface area (Å²) >= 11 is 2.97. The number of amides is 2. The fourth-order valence-corrected chi connectivity index (χ4v) is 2.95. The number of halogens is 4. The van der Waals surface area contributed by atoms with Gasteiger partial charge in [-0.1, -0.05) is 0 Å². The largest absolute Gasteiger partial charge is 0.416 e. The number of nitrogens with two attached hydrogens (primary N) is 1. The van der Waals surface area contributed by atoms with E-state index in [4.69, 9.17) is 5.73 Å². The van der Waals surface area contributed by atoms with Crippen molar-refractivity contribution < 1.29 is 22.8 Å². The van der Waals surface area contributed by atoms with Gasteiger partial charge in [-0.15, -0.1) is 0 Å². The highest BCUT2D eigenvalue weighted by Gasteiger charge is 2.33. The molecular formula is C14H7BrF3N3O3. The molecule has 6 nitrogen and oxygen atoms in total. The molecule has 3 rings (SSSR count). The molecular weight excluding hydrogens is 395 g/mol. The number of nitrogen functional groups attached to an aromatic ring is 1.